The molecule has 0 spiro atoms. The minimum absolute atomic E-state index is 0.883. The quantitative estimate of drug-likeness (QED) is 0.759. The number of hydrogen-bond acceptors (Lipinski definition) is 4. The molecule has 1 heterocycles. The Labute approximate surface area is 98.9 Å². The number of methoxy groups -OCH3 is 1. The van der Waals surface area contributed by atoms with Gasteiger partial charge in [-0.05, 0) is 17.7 Å². The molecule has 0 aliphatic rings. The summed E-state index contributed by atoms with van der Waals surface area (Å²) in [5.41, 5.74) is 1.25. The van der Waals surface area contributed by atoms with E-state index in [1.54, 1.807) is 37.5 Å². The molecule has 0 unspecified atom stereocenters. The molecule has 0 N–H and O–H groups in total. The number of hydrogen-bond donors (Lipinski definition) is 0. The van der Waals surface area contributed by atoms with Crippen molar-refractivity contribution in [1.29, 1.82) is 0 Å². The first kappa shape index (κ1) is 11.0. The second-order valence-electron chi connectivity index (χ2n) is 3.18. The highest BCUT2D eigenvalue weighted by Gasteiger charge is 1.97. The molecule has 82 valence electrons. The van der Waals surface area contributed by atoms with Gasteiger partial charge in [-0.15, -0.1) is 11.8 Å². The average molecular weight is 232 g/mol. The minimum Gasteiger partial charge on any atom is -0.497 e. The summed E-state index contributed by atoms with van der Waals surface area (Å²) in [6.45, 7) is 0. The predicted molar refractivity (Wildman–Crippen MR) is 64.6 cm³/mol. The maximum Gasteiger partial charge on any atom is 0.118 e. The SMILES string of the molecule is COc1ccc(CSc2cnccn2)cc1. The summed E-state index contributed by atoms with van der Waals surface area (Å²) in [4.78, 5) is 8.22. The molecule has 2 rings (SSSR count). The van der Waals surface area contributed by atoms with Gasteiger partial charge in [0.25, 0.3) is 0 Å². The lowest BCUT2D eigenvalue weighted by Gasteiger charge is -2.02. The zero-order chi connectivity index (χ0) is 11.2. The molecular formula is C12H12N2OS. The van der Waals surface area contributed by atoms with Crippen molar-refractivity contribution in [3.05, 3.63) is 48.4 Å². The lowest BCUT2D eigenvalue weighted by Crippen LogP contribution is -1.85. The van der Waals surface area contributed by atoms with Gasteiger partial charge in [0.1, 0.15) is 10.8 Å². The van der Waals surface area contributed by atoms with Crippen molar-refractivity contribution in [2.45, 2.75) is 10.8 Å². The van der Waals surface area contributed by atoms with Crippen molar-refractivity contribution in [2.24, 2.45) is 0 Å². The van der Waals surface area contributed by atoms with E-state index in [-0.39, 0.29) is 0 Å². The van der Waals surface area contributed by atoms with Crippen LogP contribution < -0.4 is 4.74 Å². The largest absolute Gasteiger partial charge is 0.497 e. The Morgan fingerprint density at radius 2 is 2.00 bits per heavy atom. The number of aromatic nitrogens is 2. The molecule has 2 aromatic rings. The monoisotopic (exact) mass is 232 g/mol. The second-order valence-corrected chi connectivity index (χ2v) is 4.18. The van der Waals surface area contributed by atoms with Crippen LogP contribution in [0.15, 0.2) is 47.9 Å². The van der Waals surface area contributed by atoms with E-state index in [4.69, 9.17) is 4.74 Å². The van der Waals surface area contributed by atoms with E-state index in [1.807, 2.05) is 12.1 Å². The van der Waals surface area contributed by atoms with E-state index >= 15 is 0 Å². The van der Waals surface area contributed by atoms with Gasteiger partial charge >= 0.3 is 0 Å². The van der Waals surface area contributed by atoms with E-state index < -0.39 is 0 Å². The lowest BCUT2D eigenvalue weighted by molar-refractivity contribution is 0.414. The first-order valence-electron chi connectivity index (χ1n) is 4.90. The molecule has 1 aromatic heterocycles. The van der Waals surface area contributed by atoms with Crippen molar-refractivity contribution >= 4 is 11.8 Å². The standard InChI is InChI=1S/C12H12N2OS/c1-15-11-4-2-10(3-5-11)9-16-12-8-13-6-7-14-12/h2-8H,9H2,1H3. The summed E-state index contributed by atoms with van der Waals surface area (Å²) in [6.07, 6.45) is 5.15. The smallest absolute Gasteiger partial charge is 0.118 e. The summed E-state index contributed by atoms with van der Waals surface area (Å²) in [7, 11) is 1.67. The predicted octanol–water partition coefficient (Wildman–Crippen LogP) is 2.78. The molecule has 0 aliphatic carbocycles. The van der Waals surface area contributed by atoms with Crippen molar-refractivity contribution in [2.75, 3.05) is 7.11 Å². The van der Waals surface area contributed by atoms with E-state index in [0.29, 0.717) is 0 Å². The number of benzene rings is 1. The number of thioether (sulfide) groups is 1. The molecule has 16 heavy (non-hydrogen) atoms. The van der Waals surface area contributed by atoms with Crippen LogP contribution in [0.3, 0.4) is 0 Å². The van der Waals surface area contributed by atoms with E-state index in [9.17, 15) is 0 Å². The maximum absolute atomic E-state index is 5.10. The fourth-order valence-corrected chi connectivity index (χ4v) is 2.02. The fraction of sp³-hybridized carbons (Fsp3) is 0.167. The molecule has 0 saturated heterocycles. The van der Waals surface area contributed by atoms with Crippen molar-refractivity contribution in [1.82, 2.24) is 9.97 Å². The molecule has 0 atom stereocenters. The van der Waals surface area contributed by atoms with Gasteiger partial charge in [0, 0.05) is 18.1 Å². The topological polar surface area (TPSA) is 35.0 Å². The molecule has 0 saturated carbocycles. The second kappa shape index (κ2) is 5.51. The van der Waals surface area contributed by atoms with Crippen LogP contribution in [0.2, 0.25) is 0 Å². The van der Waals surface area contributed by atoms with Crippen molar-refractivity contribution < 1.29 is 4.74 Å². The highest BCUT2D eigenvalue weighted by atomic mass is 32.2. The van der Waals surface area contributed by atoms with Gasteiger partial charge in [-0.2, -0.15) is 0 Å². The third-order valence-electron chi connectivity index (χ3n) is 2.09. The summed E-state index contributed by atoms with van der Waals surface area (Å²) in [5.74, 6) is 1.77. The van der Waals surface area contributed by atoms with E-state index in [2.05, 4.69) is 22.1 Å². The Bertz CT molecular complexity index is 431. The molecule has 0 radical (unpaired) electrons. The zero-order valence-electron chi connectivity index (χ0n) is 8.96. The fourth-order valence-electron chi connectivity index (χ4n) is 1.24. The Balaban J connectivity index is 1.94. The van der Waals surface area contributed by atoms with Crippen LogP contribution in [0.25, 0.3) is 0 Å². The van der Waals surface area contributed by atoms with Gasteiger partial charge in [-0.1, -0.05) is 12.1 Å². The van der Waals surface area contributed by atoms with Crippen LogP contribution in [0.5, 0.6) is 5.75 Å². The Hall–Kier alpha value is -1.55. The Kier molecular flexibility index (Phi) is 3.77. The van der Waals surface area contributed by atoms with E-state index in [1.165, 1.54) is 5.56 Å². The van der Waals surface area contributed by atoms with Crippen LogP contribution in [-0.4, -0.2) is 17.1 Å². The van der Waals surface area contributed by atoms with Gasteiger partial charge in [-0.3, -0.25) is 4.98 Å². The molecule has 1 aromatic carbocycles. The first-order valence-corrected chi connectivity index (χ1v) is 5.89. The third kappa shape index (κ3) is 2.97. The zero-order valence-corrected chi connectivity index (χ0v) is 9.78. The number of ether oxygens (including phenoxy) is 1. The van der Waals surface area contributed by atoms with E-state index in [0.717, 1.165) is 16.5 Å². The molecule has 0 fully saturated rings. The third-order valence-corrected chi connectivity index (χ3v) is 3.07. The van der Waals surface area contributed by atoms with Gasteiger partial charge < -0.3 is 4.74 Å². The molecule has 0 aliphatic heterocycles. The maximum atomic E-state index is 5.10. The van der Waals surface area contributed by atoms with Crippen LogP contribution in [0.4, 0.5) is 0 Å². The Morgan fingerprint density at radius 1 is 1.19 bits per heavy atom. The summed E-state index contributed by atoms with van der Waals surface area (Å²) < 4.78 is 5.10. The molecule has 3 nitrogen and oxygen atoms in total. The molecule has 0 bridgehead atoms. The normalized spacial score (nSPS) is 10.1. The van der Waals surface area contributed by atoms with Crippen LogP contribution in [-0.2, 0) is 5.75 Å². The Morgan fingerprint density at radius 3 is 2.62 bits per heavy atom. The minimum atomic E-state index is 0.883. The van der Waals surface area contributed by atoms with Gasteiger partial charge in [-0.25, -0.2) is 4.98 Å². The molecular weight excluding hydrogens is 220 g/mol. The van der Waals surface area contributed by atoms with Crippen molar-refractivity contribution in [3.63, 3.8) is 0 Å². The highest BCUT2D eigenvalue weighted by molar-refractivity contribution is 7.98. The summed E-state index contributed by atoms with van der Waals surface area (Å²) in [5, 5.41) is 0.943. The van der Waals surface area contributed by atoms with Crippen molar-refractivity contribution in [3.8, 4) is 5.75 Å². The molecule has 4 heteroatoms. The number of rotatable bonds is 4. The lowest BCUT2D eigenvalue weighted by atomic mass is 10.2. The van der Waals surface area contributed by atoms with Gasteiger partial charge in [0.05, 0.1) is 13.3 Å². The van der Waals surface area contributed by atoms with Crippen LogP contribution >= 0.6 is 11.8 Å². The summed E-state index contributed by atoms with van der Waals surface area (Å²) in [6, 6.07) is 8.05. The van der Waals surface area contributed by atoms with Gasteiger partial charge in [0.2, 0.25) is 0 Å². The van der Waals surface area contributed by atoms with Crippen LogP contribution in [0, 0.1) is 0 Å². The molecule has 0 amide bonds. The first-order chi connectivity index (χ1) is 7.88. The highest BCUT2D eigenvalue weighted by Crippen LogP contribution is 2.21. The van der Waals surface area contributed by atoms with Gasteiger partial charge in [0.15, 0.2) is 0 Å². The van der Waals surface area contributed by atoms with Crippen LogP contribution in [0.1, 0.15) is 5.56 Å². The number of nitrogens with zero attached hydrogens (tertiary/aromatic N) is 2. The average Bonchev–Trinajstić information content (AvgIpc) is 2.38. The summed E-state index contributed by atoms with van der Waals surface area (Å²) >= 11 is 1.67.